The lowest BCUT2D eigenvalue weighted by molar-refractivity contribution is 0.00695. The van der Waals surface area contributed by atoms with Crippen LogP contribution >= 0.6 is 15.9 Å². The van der Waals surface area contributed by atoms with E-state index in [1.807, 2.05) is 45.0 Å². The second-order valence-corrected chi connectivity index (χ2v) is 6.14. The lowest BCUT2D eigenvalue weighted by Gasteiger charge is -2.19. The van der Waals surface area contributed by atoms with Crippen LogP contribution in [0, 0.1) is 0 Å². The van der Waals surface area contributed by atoms with Gasteiger partial charge >= 0.3 is 5.97 Å². The van der Waals surface area contributed by atoms with Crippen LogP contribution in [0.25, 0.3) is 0 Å². The first-order valence-corrected chi connectivity index (χ1v) is 7.43. The van der Waals surface area contributed by atoms with Crippen molar-refractivity contribution in [3.8, 4) is 0 Å². The number of unbranched alkanes of at least 4 members (excludes halogenated alkanes) is 1. The Morgan fingerprint density at radius 3 is 2.28 bits per heavy atom. The Hall–Kier alpha value is -0.830. The Balaban J connectivity index is 2.57. The summed E-state index contributed by atoms with van der Waals surface area (Å²) in [7, 11) is 0. The molecule has 3 heteroatoms. The van der Waals surface area contributed by atoms with E-state index in [0.29, 0.717) is 5.56 Å². The minimum absolute atomic E-state index is 0.255. The van der Waals surface area contributed by atoms with Crippen LogP contribution in [0.2, 0.25) is 0 Å². The Bertz CT molecular complexity index is 376. The van der Waals surface area contributed by atoms with Gasteiger partial charge in [0.15, 0.2) is 0 Å². The summed E-state index contributed by atoms with van der Waals surface area (Å²) in [5.41, 5.74) is 1.45. The molecule has 0 aromatic heterocycles. The number of hydrogen-bond acceptors (Lipinski definition) is 2. The van der Waals surface area contributed by atoms with Crippen LogP contribution in [0.4, 0.5) is 0 Å². The molecule has 1 aromatic carbocycles. The van der Waals surface area contributed by atoms with E-state index in [1.165, 1.54) is 12.0 Å². The highest BCUT2D eigenvalue weighted by Crippen LogP contribution is 2.14. The summed E-state index contributed by atoms with van der Waals surface area (Å²) in [6, 6.07) is 7.70. The zero-order valence-corrected chi connectivity index (χ0v) is 12.9. The van der Waals surface area contributed by atoms with Gasteiger partial charge in [0, 0.05) is 5.33 Å². The van der Waals surface area contributed by atoms with E-state index in [1.54, 1.807) is 0 Å². The molecular weight excluding hydrogens is 292 g/mol. The number of aryl methyl sites for hydroxylation is 1. The molecular formula is C15H21BrO2. The van der Waals surface area contributed by atoms with E-state index in [-0.39, 0.29) is 5.97 Å². The smallest absolute Gasteiger partial charge is 0.338 e. The summed E-state index contributed by atoms with van der Waals surface area (Å²) in [5.74, 6) is -0.255. The minimum atomic E-state index is -0.439. The molecule has 1 rings (SSSR count). The fourth-order valence-corrected chi connectivity index (χ4v) is 1.96. The van der Waals surface area contributed by atoms with Crippen molar-refractivity contribution >= 4 is 21.9 Å². The maximum atomic E-state index is 11.8. The maximum absolute atomic E-state index is 11.8. The number of esters is 1. The van der Waals surface area contributed by atoms with Crippen LogP contribution in [0.1, 0.15) is 49.5 Å². The van der Waals surface area contributed by atoms with Gasteiger partial charge in [0.2, 0.25) is 0 Å². The number of ether oxygens (including phenoxy) is 1. The van der Waals surface area contributed by atoms with Gasteiger partial charge < -0.3 is 4.74 Å². The molecule has 0 radical (unpaired) electrons. The SMILES string of the molecule is CC(C)(C)OC(=O)c1ccc(CCCCBr)cc1. The van der Waals surface area contributed by atoms with Crippen molar-refractivity contribution in [3.05, 3.63) is 35.4 Å². The summed E-state index contributed by atoms with van der Waals surface area (Å²) in [6.07, 6.45) is 3.39. The van der Waals surface area contributed by atoms with Crippen LogP contribution in [0.15, 0.2) is 24.3 Å². The summed E-state index contributed by atoms with van der Waals surface area (Å²) in [4.78, 5) is 11.8. The van der Waals surface area contributed by atoms with Gasteiger partial charge in [-0.1, -0.05) is 28.1 Å². The molecule has 0 aliphatic carbocycles. The number of hydrogen-bond donors (Lipinski definition) is 0. The second kappa shape index (κ2) is 6.93. The normalized spacial score (nSPS) is 11.3. The summed E-state index contributed by atoms with van der Waals surface area (Å²) >= 11 is 3.42. The third kappa shape index (κ3) is 5.67. The van der Waals surface area contributed by atoms with Crippen LogP contribution in [0.3, 0.4) is 0 Å². The maximum Gasteiger partial charge on any atom is 0.338 e. The number of rotatable bonds is 5. The highest BCUT2D eigenvalue weighted by molar-refractivity contribution is 9.09. The minimum Gasteiger partial charge on any atom is -0.456 e. The molecule has 0 amide bonds. The Kier molecular flexibility index (Phi) is 5.86. The van der Waals surface area contributed by atoms with Gasteiger partial charge in [0.05, 0.1) is 5.56 Å². The highest BCUT2D eigenvalue weighted by atomic mass is 79.9. The predicted octanol–water partition coefficient (Wildman–Crippen LogP) is 4.36. The first-order chi connectivity index (χ1) is 8.42. The standard InChI is InChI=1S/C15H21BrO2/c1-15(2,3)18-14(17)13-9-7-12(8-10-13)6-4-5-11-16/h7-10H,4-6,11H2,1-3H3. The average Bonchev–Trinajstić information content (AvgIpc) is 2.28. The van der Waals surface area contributed by atoms with Gasteiger partial charge in [0.25, 0.3) is 0 Å². The Morgan fingerprint density at radius 1 is 1.17 bits per heavy atom. The third-order valence-electron chi connectivity index (χ3n) is 2.44. The van der Waals surface area contributed by atoms with E-state index < -0.39 is 5.60 Å². The Labute approximate surface area is 118 Å². The second-order valence-electron chi connectivity index (χ2n) is 5.34. The predicted molar refractivity (Wildman–Crippen MR) is 78.3 cm³/mol. The molecule has 0 N–H and O–H groups in total. The van der Waals surface area contributed by atoms with Crippen molar-refractivity contribution in [2.75, 3.05) is 5.33 Å². The first-order valence-electron chi connectivity index (χ1n) is 6.30. The van der Waals surface area contributed by atoms with Gasteiger partial charge in [-0.3, -0.25) is 0 Å². The van der Waals surface area contributed by atoms with Crippen LogP contribution in [-0.4, -0.2) is 16.9 Å². The van der Waals surface area contributed by atoms with Crippen molar-refractivity contribution < 1.29 is 9.53 Å². The number of benzene rings is 1. The van der Waals surface area contributed by atoms with E-state index in [9.17, 15) is 4.79 Å². The van der Waals surface area contributed by atoms with E-state index in [0.717, 1.165) is 18.2 Å². The molecule has 0 fully saturated rings. The molecule has 2 nitrogen and oxygen atoms in total. The molecule has 0 saturated carbocycles. The lowest BCUT2D eigenvalue weighted by atomic mass is 10.1. The van der Waals surface area contributed by atoms with Crippen molar-refractivity contribution in [3.63, 3.8) is 0 Å². The molecule has 100 valence electrons. The zero-order valence-electron chi connectivity index (χ0n) is 11.3. The molecule has 0 saturated heterocycles. The van der Waals surface area contributed by atoms with Crippen molar-refractivity contribution in [2.45, 2.75) is 45.6 Å². The quantitative estimate of drug-likeness (QED) is 0.459. The lowest BCUT2D eigenvalue weighted by Crippen LogP contribution is -2.23. The highest BCUT2D eigenvalue weighted by Gasteiger charge is 2.17. The third-order valence-corrected chi connectivity index (χ3v) is 3.00. The van der Waals surface area contributed by atoms with Crippen molar-refractivity contribution in [2.24, 2.45) is 0 Å². The van der Waals surface area contributed by atoms with Gasteiger partial charge in [-0.2, -0.15) is 0 Å². The van der Waals surface area contributed by atoms with Crippen molar-refractivity contribution in [1.29, 1.82) is 0 Å². The van der Waals surface area contributed by atoms with Crippen LogP contribution in [0.5, 0.6) is 0 Å². The van der Waals surface area contributed by atoms with Crippen LogP contribution in [-0.2, 0) is 11.2 Å². The number of carbonyl (C=O) groups is 1. The van der Waals surface area contributed by atoms with Crippen LogP contribution < -0.4 is 0 Å². The van der Waals surface area contributed by atoms with Gasteiger partial charge in [-0.05, 0) is 57.7 Å². The topological polar surface area (TPSA) is 26.3 Å². The number of alkyl halides is 1. The molecule has 18 heavy (non-hydrogen) atoms. The number of halogens is 1. The average molecular weight is 313 g/mol. The van der Waals surface area contributed by atoms with E-state index in [4.69, 9.17) is 4.74 Å². The molecule has 0 atom stereocenters. The molecule has 0 heterocycles. The zero-order chi connectivity index (χ0) is 13.6. The summed E-state index contributed by atoms with van der Waals surface area (Å²) < 4.78 is 5.32. The molecule has 0 unspecified atom stereocenters. The van der Waals surface area contributed by atoms with Gasteiger partial charge in [0.1, 0.15) is 5.60 Å². The first kappa shape index (κ1) is 15.2. The summed E-state index contributed by atoms with van der Waals surface area (Å²) in [6.45, 7) is 5.62. The van der Waals surface area contributed by atoms with E-state index >= 15 is 0 Å². The largest absolute Gasteiger partial charge is 0.456 e. The van der Waals surface area contributed by atoms with E-state index in [2.05, 4.69) is 15.9 Å². The van der Waals surface area contributed by atoms with Gasteiger partial charge in [-0.15, -0.1) is 0 Å². The number of carbonyl (C=O) groups excluding carboxylic acids is 1. The molecule has 0 aliphatic rings. The summed E-state index contributed by atoms with van der Waals surface area (Å²) in [5, 5.41) is 1.04. The Morgan fingerprint density at radius 2 is 1.78 bits per heavy atom. The molecule has 0 spiro atoms. The van der Waals surface area contributed by atoms with Crippen molar-refractivity contribution in [1.82, 2.24) is 0 Å². The molecule has 1 aromatic rings. The molecule has 0 aliphatic heterocycles. The fourth-order valence-electron chi connectivity index (χ4n) is 1.57. The molecule has 0 bridgehead atoms. The van der Waals surface area contributed by atoms with Gasteiger partial charge in [-0.25, -0.2) is 4.79 Å². The fraction of sp³-hybridized carbons (Fsp3) is 0.533. The monoisotopic (exact) mass is 312 g/mol.